The van der Waals surface area contributed by atoms with Gasteiger partial charge in [0.25, 0.3) is 0 Å². The van der Waals surface area contributed by atoms with Gasteiger partial charge in [-0.25, -0.2) is 0 Å². The molecule has 0 unspecified atom stereocenters. The number of carbonyl (C=O) groups excluding carboxylic acids is 1. The fraction of sp³-hybridized carbons (Fsp3) is 0.0833. The number of amides is 1. The Labute approximate surface area is 103 Å². The zero-order chi connectivity index (χ0) is 12.3. The van der Waals surface area contributed by atoms with E-state index < -0.39 is 5.91 Å². The van der Waals surface area contributed by atoms with Crippen molar-refractivity contribution >= 4 is 22.9 Å². The lowest BCUT2D eigenvalue weighted by molar-refractivity contribution is 0.100. The van der Waals surface area contributed by atoms with Crippen LogP contribution in [0.25, 0.3) is 0 Å². The van der Waals surface area contributed by atoms with E-state index in [1.807, 2.05) is 17.5 Å². The van der Waals surface area contributed by atoms with E-state index in [1.54, 1.807) is 23.5 Å². The number of primary amides is 1. The van der Waals surface area contributed by atoms with Gasteiger partial charge in [-0.05, 0) is 29.6 Å². The summed E-state index contributed by atoms with van der Waals surface area (Å²) in [5, 5.41) is 1.98. The van der Waals surface area contributed by atoms with Crippen LogP contribution < -0.4 is 16.2 Å². The van der Waals surface area contributed by atoms with Crippen LogP contribution in [0.2, 0.25) is 0 Å². The zero-order valence-electron chi connectivity index (χ0n) is 9.05. The van der Waals surface area contributed by atoms with Crippen LogP contribution in [0.1, 0.15) is 15.2 Å². The summed E-state index contributed by atoms with van der Waals surface area (Å²) in [6.45, 7) is 0.470. The molecule has 0 radical (unpaired) electrons. The second-order valence-corrected chi connectivity index (χ2v) is 4.52. The molecule has 0 spiro atoms. The standard InChI is InChI=1S/C12H12N2O2S/c13-10-6-8(12(14)15)3-4-11(10)16-7-9-2-1-5-17-9/h1-6H,7,13H2,(H2,14,15). The molecule has 2 aromatic rings. The van der Waals surface area contributed by atoms with E-state index in [2.05, 4.69) is 0 Å². The fourth-order valence-corrected chi connectivity index (χ4v) is 1.99. The molecule has 0 saturated carbocycles. The van der Waals surface area contributed by atoms with Crippen LogP contribution in [0, 0.1) is 0 Å². The van der Waals surface area contributed by atoms with Crippen molar-refractivity contribution in [3.05, 3.63) is 46.2 Å². The average Bonchev–Trinajstić information content (AvgIpc) is 2.80. The minimum atomic E-state index is -0.499. The first-order valence-electron chi connectivity index (χ1n) is 5.01. The molecule has 0 atom stereocenters. The first-order valence-corrected chi connectivity index (χ1v) is 5.89. The third kappa shape index (κ3) is 2.76. The molecule has 17 heavy (non-hydrogen) atoms. The van der Waals surface area contributed by atoms with Gasteiger partial charge in [-0.2, -0.15) is 0 Å². The van der Waals surface area contributed by atoms with E-state index in [0.29, 0.717) is 23.6 Å². The summed E-state index contributed by atoms with van der Waals surface area (Å²) in [5.41, 5.74) is 11.7. The molecule has 1 aromatic carbocycles. The first-order chi connectivity index (χ1) is 8.16. The quantitative estimate of drug-likeness (QED) is 0.812. The molecule has 0 aliphatic heterocycles. The van der Waals surface area contributed by atoms with Gasteiger partial charge in [0.15, 0.2) is 0 Å². The van der Waals surface area contributed by atoms with Crippen LogP contribution in [-0.2, 0) is 6.61 Å². The summed E-state index contributed by atoms with van der Waals surface area (Å²) in [7, 11) is 0. The van der Waals surface area contributed by atoms with E-state index in [-0.39, 0.29) is 0 Å². The Balaban J connectivity index is 2.09. The molecule has 2 rings (SSSR count). The first kappa shape index (κ1) is 11.5. The monoisotopic (exact) mass is 248 g/mol. The molecule has 4 N–H and O–H groups in total. The van der Waals surface area contributed by atoms with Crippen LogP contribution in [0.3, 0.4) is 0 Å². The number of nitrogen functional groups attached to an aromatic ring is 1. The highest BCUT2D eigenvalue weighted by Crippen LogP contribution is 2.24. The third-order valence-corrected chi connectivity index (χ3v) is 3.09. The van der Waals surface area contributed by atoms with Crippen molar-refractivity contribution < 1.29 is 9.53 Å². The Morgan fingerprint density at radius 3 is 2.76 bits per heavy atom. The van der Waals surface area contributed by atoms with Crippen molar-refractivity contribution in [3.63, 3.8) is 0 Å². The lowest BCUT2D eigenvalue weighted by Gasteiger charge is -2.08. The van der Waals surface area contributed by atoms with Crippen LogP contribution >= 0.6 is 11.3 Å². The SMILES string of the molecule is NC(=O)c1ccc(OCc2cccs2)c(N)c1. The van der Waals surface area contributed by atoms with Gasteiger partial charge in [-0.3, -0.25) is 4.79 Å². The number of hydrogen-bond donors (Lipinski definition) is 2. The number of nitrogens with two attached hydrogens (primary N) is 2. The maximum absolute atomic E-state index is 10.9. The van der Waals surface area contributed by atoms with Crippen molar-refractivity contribution in [2.75, 3.05) is 5.73 Å². The average molecular weight is 248 g/mol. The van der Waals surface area contributed by atoms with Gasteiger partial charge in [0.05, 0.1) is 5.69 Å². The van der Waals surface area contributed by atoms with Crippen molar-refractivity contribution in [3.8, 4) is 5.75 Å². The Bertz CT molecular complexity index is 523. The number of carbonyl (C=O) groups is 1. The largest absolute Gasteiger partial charge is 0.486 e. The molecule has 5 heteroatoms. The molecule has 0 fully saturated rings. The molecule has 88 valence electrons. The summed E-state index contributed by atoms with van der Waals surface area (Å²) in [4.78, 5) is 12.1. The van der Waals surface area contributed by atoms with E-state index in [1.165, 1.54) is 6.07 Å². The maximum Gasteiger partial charge on any atom is 0.248 e. The van der Waals surface area contributed by atoms with Gasteiger partial charge in [-0.15, -0.1) is 11.3 Å². The molecule has 1 aromatic heterocycles. The van der Waals surface area contributed by atoms with Gasteiger partial charge in [0.1, 0.15) is 12.4 Å². The predicted octanol–water partition coefficient (Wildman–Crippen LogP) is 2.01. The molecule has 1 heterocycles. The summed E-state index contributed by atoms with van der Waals surface area (Å²) < 4.78 is 5.55. The van der Waals surface area contributed by atoms with E-state index >= 15 is 0 Å². The highest BCUT2D eigenvalue weighted by Gasteiger charge is 2.06. The van der Waals surface area contributed by atoms with Crippen LogP contribution in [0.5, 0.6) is 5.75 Å². The number of anilines is 1. The zero-order valence-corrected chi connectivity index (χ0v) is 9.87. The smallest absolute Gasteiger partial charge is 0.248 e. The molecule has 0 aliphatic rings. The number of hydrogen-bond acceptors (Lipinski definition) is 4. The molecule has 0 saturated heterocycles. The molecule has 4 nitrogen and oxygen atoms in total. The van der Waals surface area contributed by atoms with Crippen molar-refractivity contribution in [2.24, 2.45) is 5.73 Å². The Morgan fingerprint density at radius 2 is 2.18 bits per heavy atom. The molecular weight excluding hydrogens is 236 g/mol. The van der Waals surface area contributed by atoms with Gasteiger partial charge in [0.2, 0.25) is 5.91 Å². The second-order valence-electron chi connectivity index (χ2n) is 3.48. The van der Waals surface area contributed by atoms with Gasteiger partial charge in [0, 0.05) is 10.4 Å². The molecule has 1 amide bonds. The second kappa shape index (κ2) is 4.88. The predicted molar refractivity (Wildman–Crippen MR) is 68.0 cm³/mol. The summed E-state index contributed by atoms with van der Waals surface area (Å²) in [6, 6.07) is 8.72. The summed E-state index contributed by atoms with van der Waals surface area (Å²) in [5.74, 6) is 0.0601. The fourth-order valence-electron chi connectivity index (χ4n) is 1.38. The van der Waals surface area contributed by atoms with Gasteiger partial charge in [-0.1, -0.05) is 6.07 Å². The lowest BCUT2D eigenvalue weighted by atomic mass is 10.2. The number of thiophene rings is 1. The minimum Gasteiger partial charge on any atom is -0.486 e. The van der Waals surface area contributed by atoms with E-state index in [4.69, 9.17) is 16.2 Å². The highest BCUT2D eigenvalue weighted by molar-refractivity contribution is 7.09. The normalized spacial score (nSPS) is 10.1. The Kier molecular flexibility index (Phi) is 3.30. The lowest BCUT2D eigenvalue weighted by Crippen LogP contribution is -2.11. The van der Waals surface area contributed by atoms with Crippen molar-refractivity contribution in [1.29, 1.82) is 0 Å². The van der Waals surface area contributed by atoms with Crippen molar-refractivity contribution in [2.45, 2.75) is 6.61 Å². The number of rotatable bonds is 4. The van der Waals surface area contributed by atoms with E-state index in [0.717, 1.165) is 4.88 Å². The minimum absolute atomic E-state index is 0.381. The highest BCUT2D eigenvalue weighted by atomic mass is 32.1. The summed E-state index contributed by atoms with van der Waals surface area (Å²) >= 11 is 1.62. The third-order valence-electron chi connectivity index (χ3n) is 2.24. The van der Waals surface area contributed by atoms with Crippen LogP contribution in [0.15, 0.2) is 35.7 Å². The number of ether oxygens (including phenoxy) is 1. The van der Waals surface area contributed by atoms with Gasteiger partial charge < -0.3 is 16.2 Å². The van der Waals surface area contributed by atoms with E-state index in [9.17, 15) is 4.79 Å². The molecular formula is C12H12N2O2S. The summed E-state index contributed by atoms with van der Waals surface area (Å²) in [6.07, 6.45) is 0. The maximum atomic E-state index is 10.9. The topological polar surface area (TPSA) is 78.3 Å². The van der Waals surface area contributed by atoms with Gasteiger partial charge >= 0.3 is 0 Å². The number of benzene rings is 1. The van der Waals surface area contributed by atoms with Crippen molar-refractivity contribution in [1.82, 2.24) is 0 Å². The molecule has 0 aliphatic carbocycles. The van der Waals surface area contributed by atoms with Crippen LogP contribution in [0.4, 0.5) is 5.69 Å². The van der Waals surface area contributed by atoms with Crippen LogP contribution in [-0.4, -0.2) is 5.91 Å². The molecule has 0 bridgehead atoms. The Hall–Kier alpha value is -2.01. The Morgan fingerprint density at radius 1 is 1.35 bits per heavy atom.